The van der Waals surface area contributed by atoms with Crippen LogP contribution in [0.4, 0.5) is 10.1 Å². The summed E-state index contributed by atoms with van der Waals surface area (Å²) in [5.74, 6) is -0.0191. The van der Waals surface area contributed by atoms with Crippen molar-refractivity contribution in [2.45, 2.75) is 20.3 Å². The van der Waals surface area contributed by atoms with Crippen molar-refractivity contribution in [3.63, 3.8) is 0 Å². The number of hydrogen-bond donors (Lipinski definition) is 1. The summed E-state index contributed by atoms with van der Waals surface area (Å²) in [7, 11) is 1.63. The Kier molecular flexibility index (Phi) is 5.10. The topological polar surface area (TPSA) is 36.8 Å². The monoisotopic (exact) mass is 255 g/mol. The van der Waals surface area contributed by atoms with Crippen molar-refractivity contribution in [1.82, 2.24) is 0 Å². The van der Waals surface area contributed by atoms with Crippen LogP contribution in [0.2, 0.25) is 5.02 Å². The lowest BCUT2D eigenvalue weighted by atomic mass is 10.3. The molecule has 3 nitrogen and oxygen atoms in total. The van der Waals surface area contributed by atoms with Gasteiger partial charge < -0.3 is 5.32 Å². The summed E-state index contributed by atoms with van der Waals surface area (Å²) in [5.41, 5.74) is 1.52. The van der Waals surface area contributed by atoms with Gasteiger partial charge in [0, 0.05) is 18.4 Å². The Morgan fingerprint density at radius 3 is 2.71 bits per heavy atom. The zero-order chi connectivity index (χ0) is 12.8. The molecule has 0 fully saturated rings. The van der Waals surface area contributed by atoms with Crippen LogP contribution in [0.1, 0.15) is 20.3 Å². The fraction of sp³-hybridized carbons (Fsp3) is 0.333. The lowest BCUT2D eigenvalue weighted by Gasteiger charge is -2.06. The van der Waals surface area contributed by atoms with Gasteiger partial charge in [-0.1, -0.05) is 18.5 Å². The van der Waals surface area contributed by atoms with Crippen molar-refractivity contribution < 1.29 is 4.39 Å². The molecule has 17 heavy (non-hydrogen) atoms. The molecule has 1 aromatic rings. The standard InChI is InChI=1S/C12H15ClFN3/c1-4-8(2)16-12(15-3)17-9-5-6-10(13)11(14)7-9/h5-7H,4H2,1-3H3,(H,15,17)/b16-8-. The highest BCUT2D eigenvalue weighted by Gasteiger charge is 2.03. The van der Waals surface area contributed by atoms with Gasteiger partial charge in [0.2, 0.25) is 5.96 Å². The van der Waals surface area contributed by atoms with Crippen LogP contribution in [0.3, 0.4) is 0 Å². The Hall–Kier alpha value is -1.42. The number of nitrogens with one attached hydrogen (secondary N) is 1. The molecule has 0 unspecified atom stereocenters. The molecule has 0 aliphatic rings. The molecule has 0 radical (unpaired) electrons. The first-order valence-electron chi connectivity index (χ1n) is 5.29. The second-order valence-electron chi connectivity index (χ2n) is 3.50. The van der Waals surface area contributed by atoms with Crippen molar-refractivity contribution in [2.75, 3.05) is 12.4 Å². The van der Waals surface area contributed by atoms with Crippen molar-refractivity contribution in [3.8, 4) is 0 Å². The summed E-state index contributed by atoms with van der Waals surface area (Å²) < 4.78 is 13.2. The number of aliphatic imine (C=N–C) groups is 2. The number of anilines is 1. The van der Waals surface area contributed by atoms with Gasteiger partial charge >= 0.3 is 0 Å². The van der Waals surface area contributed by atoms with E-state index in [0.29, 0.717) is 11.6 Å². The molecule has 1 rings (SSSR count). The maximum absolute atomic E-state index is 13.2. The first-order valence-corrected chi connectivity index (χ1v) is 5.67. The van der Waals surface area contributed by atoms with Gasteiger partial charge in [-0.25, -0.2) is 9.38 Å². The van der Waals surface area contributed by atoms with Crippen molar-refractivity contribution >= 4 is 29.0 Å². The second-order valence-corrected chi connectivity index (χ2v) is 3.91. The van der Waals surface area contributed by atoms with Gasteiger partial charge in [0.15, 0.2) is 0 Å². The Morgan fingerprint density at radius 1 is 1.47 bits per heavy atom. The molecule has 0 aliphatic carbocycles. The zero-order valence-electron chi connectivity index (χ0n) is 10.1. The summed E-state index contributed by atoms with van der Waals surface area (Å²) >= 11 is 5.60. The maximum Gasteiger partial charge on any atom is 0.222 e. The Morgan fingerprint density at radius 2 is 2.18 bits per heavy atom. The average Bonchev–Trinajstić information content (AvgIpc) is 2.32. The molecular formula is C12H15ClFN3. The highest BCUT2D eigenvalue weighted by atomic mass is 35.5. The summed E-state index contributed by atoms with van der Waals surface area (Å²) in [6.45, 7) is 3.92. The van der Waals surface area contributed by atoms with E-state index < -0.39 is 5.82 Å². The van der Waals surface area contributed by atoms with Gasteiger partial charge in [0.25, 0.3) is 0 Å². The molecule has 1 aromatic carbocycles. The molecule has 0 saturated heterocycles. The van der Waals surface area contributed by atoms with Gasteiger partial charge in [0.1, 0.15) is 5.82 Å². The summed E-state index contributed by atoms with van der Waals surface area (Å²) in [6.07, 6.45) is 0.843. The molecule has 0 aliphatic heterocycles. The van der Waals surface area contributed by atoms with Crippen LogP contribution in [0.15, 0.2) is 28.2 Å². The fourth-order valence-corrected chi connectivity index (χ4v) is 1.21. The Bertz CT molecular complexity index is 455. The van der Waals surface area contributed by atoms with Crippen LogP contribution < -0.4 is 5.32 Å². The average molecular weight is 256 g/mol. The largest absolute Gasteiger partial charge is 0.324 e. The molecule has 0 saturated carbocycles. The first-order chi connectivity index (χ1) is 8.06. The summed E-state index contributed by atoms with van der Waals surface area (Å²) in [5, 5.41) is 3.02. The second kappa shape index (κ2) is 6.35. The minimum Gasteiger partial charge on any atom is -0.324 e. The van der Waals surface area contributed by atoms with Crippen molar-refractivity contribution in [1.29, 1.82) is 0 Å². The predicted molar refractivity (Wildman–Crippen MR) is 71.8 cm³/mol. The van der Waals surface area contributed by atoms with E-state index in [1.54, 1.807) is 13.1 Å². The summed E-state index contributed by atoms with van der Waals surface area (Å²) in [4.78, 5) is 8.25. The predicted octanol–water partition coefficient (Wildman–Crippen LogP) is 3.75. The molecule has 1 N–H and O–H groups in total. The number of benzene rings is 1. The Balaban J connectivity index is 2.85. The minimum atomic E-state index is -0.469. The number of rotatable bonds is 2. The van der Waals surface area contributed by atoms with Crippen LogP contribution in [-0.2, 0) is 0 Å². The summed E-state index contributed by atoms with van der Waals surface area (Å²) in [6, 6.07) is 4.47. The molecule has 0 heterocycles. The zero-order valence-corrected chi connectivity index (χ0v) is 10.8. The Labute approximate surface area is 105 Å². The van der Waals surface area contributed by atoms with E-state index >= 15 is 0 Å². The van der Waals surface area contributed by atoms with E-state index in [1.165, 1.54) is 12.1 Å². The number of nitrogens with zero attached hydrogens (tertiary/aromatic N) is 2. The lowest BCUT2D eigenvalue weighted by molar-refractivity contribution is 0.629. The van der Waals surface area contributed by atoms with Gasteiger partial charge in [-0.3, -0.25) is 4.99 Å². The maximum atomic E-state index is 13.2. The quantitative estimate of drug-likeness (QED) is 0.634. The van der Waals surface area contributed by atoms with Crippen molar-refractivity contribution in [3.05, 3.63) is 29.0 Å². The highest BCUT2D eigenvalue weighted by molar-refractivity contribution is 6.30. The SMILES string of the molecule is CC/C(C)=N\C(=NC)Nc1ccc(Cl)c(F)c1. The van der Waals surface area contributed by atoms with Gasteiger partial charge in [0.05, 0.1) is 5.02 Å². The van der Waals surface area contributed by atoms with Gasteiger partial charge in [-0.05, 0) is 31.5 Å². The van der Waals surface area contributed by atoms with Crippen molar-refractivity contribution in [2.24, 2.45) is 9.98 Å². The van der Waals surface area contributed by atoms with E-state index in [1.807, 2.05) is 13.8 Å². The molecule has 0 amide bonds. The van der Waals surface area contributed by atoms with Crippen LogP contribution in [0, 0.1) is 5.82 Å². The highest BCUT2D eigenvalue weighted by Crippen LogP contribution is 2.18. The molecule has 5 heteroatoms. The third-order valence-corrected chi connectivity index (χ3v) is 2.50. The lowest BCUT2D eigenvalue weighted by Crippen LogP contribution is -2.11. The fourth-order valence-electron chi connectivity index (χ4n) is 1.10. The van der Waals surface area contributed by atoms with Gasteiger partial charge in [-0.2, -0.15) is 0 Å². The third-order valence-electron chi connectivity index (χ3n) is 2.20. The molecule has 0 bridgehead atoms. The minimum absolute atomic E-state index is 0.0961. The first kappa shape index (κ1) is 13.6. The number of halogens is 2. The van der Waals surface area contributed by atoms with E-state index in [9.17, 15) is 4.39 Å². The van der Waals surface area contributed by atoms with Crippen LogP contribution in [-0.4, -0.2) is 18.7 Å². The normalized spacial score (nSPS) is 12.8. The molecule has 92 valence electrons. The molecular weight excluding hydrogens is 241 g/mol. The molecule has 0 spiro atoms. The molecule has 0 atom stereocenters. The number of guanidine groups is 1. The molecule has 0 aromatic heterocycles. The van der Waals surface area contributed by atoms with E-state index in [-0.39, 0.29) is 5.02 Å². The van der Waals surface area contributed by atoms with E-state index in [4.69, 9.17) is 11.6 Å². The van der Waals surface area contributed by atoms with Crippen LogP contribution >= 0.6 is 11.6 Å². The van der Waals surface area contributed by atoms with Crippen LogP contribution in [0.5, 0.6) is 0 Å². The smallest absolute Gasteiger partial charge is 0.222 e. The van der Waals surface area contributed by atoms with Crippen LogP contribution in [0.25, 0.3) is 0 Å². The van der Waals surface area contributed by atoms with Gasteiger partial charge in [-0.15, -0.1) is 0 Å². The third kappa shape index (κ3) is 4.15. The van der Waals surface area contributed by atoms with E-state index in [2.05, 4.69) is 15.3 Å². The number of hydrogen-bond acceptors (Lipinski definition) is 1. The van der Waals surface area contributed by atoms with E-state index in [0.717, 1.165) is 12.1 Å².